The second kappa shape index (κ2) is 7.01. The highest BCUT2D eigenvalue weighted by molar-refractivity contribution is 9.11. The summed E-state index contributed by atoms with van der Waals surface area (Å²) >= 11 is 7.06. The van der Waals surface area contributed by atoms with E-state index < -0.39 is 0 Å². The van der Waals surface area contributed by atoms with Gasteiger partial charge in [-0.15, -0.1) is 0 Å². The van der Waals surface area contributed by atoms with Gasteiger partial charge in [-0.05, 0) is 64.2 Å². The molecule has 1 aliphatic heterocycles. The second-order valence-corrected chi connectivity index (χ2v) is 7.18. The first-order valence-corrected chi connectivity index (χ1v) is 9.02. The van der Waals surface area contributed by atoms with Crippen LogP contribution in [0.2, 0.25) is 0 Å². The first-order chi connectivity index (χ1) is 10.6. The van der Waals surface area contributed by atoms with Crippen LogP contribution in [0.15, 0.2) is 39.3 Å². The van der Waals surface area contributed by atoms with Crippen LogP contribution >= 0.6 is 31.9 Å². The SMILES string of the molecule is O=C(COc1ccc2cc(Br)ccc2c1Br)N1CCCCC1. The Morgan fingerprint density at radius 2 is 1.86 bits per heavy atom. The van der Waals surface area contributed by atoms with Gasteiger partial charge in [0.05, 0.1) is 4.47 Å². The van der Waals surface area contributed by atoms with Crippen LogP contribution in [0.25, 0.3) is 10.8 Å². The van der Waals surface area contributed by atoms with Crippen molar-refractivity contribution in [1.82, 2.24) is 4.90 Å². The molecule has 0 aliphatic carbocycles. The highest BCUT2D eigenvalue weighted by atomic mass is 79.9. The van der Waals surface area contributed by atoms with Crippen LogP contribution in [0.4, 0.5) is 0 Å². The summed E-state index contributed by atoms with van der Waals surface area (Å²) in [6, 6.07) is 10.00. The molecule has 1 aliphatic rings. The maximum atomic E-state index is 12.2. The number of fused-ring (bicyclic) bond motifs is 1. The number of amides is 1. The number of piperidine rings is 1. The number of carbonyl (C=O) groups is 1. The predicted molar refractivity (Wildman–Crippen MR) is 95.3 cm³/mol. The molecule has 1 saturated heterocycles. The Labute approximate surface area is 146 Å². The summed E-state index contributed by atoms with van der Waals surface area (Å²) in [4.78, 5) is 14.1. The Morgan fingerprint density at radius 1 is 1.09 bits per heavy atom. The summed E-state index contributed by atoms with van der Waals surface area (Å²) in [5.74, 6) is 0.780. The largest absolute Gasteiger partial charge is 0.483 e. The number of halogens is 2. The second-order valence-electron chi connectivity index (χ2n) is 5.47. The first kappa shape index (κ1) is 15.8. The standard InChI is InChI=1S/C17H17Br2NO2/c18-13-5-6-14-12(10-13)4-7-15(17(14)19)22-11-16(21)20-8-2-1-3-9-20/h4-7,10H,1-3,8-9,11H2. The van der Waals surface area contributed by atoms with Crippen LogP contribution in [-0.4, -0.2) is 30.5 Å². The molecular formula is C17H17Br2NO2. The number of likely N-dealkylation sites (tertiary alicyclic amines) is 1. The molecule has 0 N–H and O–H groups in total. The maximum Gasteiger partial charge on any atom is 0.260 e. The minimum absolute atomic E-state index is 0.0718. The summed E-state index contributed by atoms with van der Waals surface area (Å²) in [6.07, 6.45) is 3.41. The van der Waals surface area contributed by atoms with Gasteiger partial charge in [0, 0.05) is 17.6 Å². The molecule has 5 heteroatoms. The minimum Gasteiger partial charge on any atom is -0.483 e. The summed E-state index contributed by atoms with van der Waals surface area (Å²) in [6.45, 7) is 1.81. The van der Waals surface area contributed by atoms with Crippen molar-refractivity contribution in [2.75, 3.05) is 19.7 Å². The molecule has 2 aromatic rings. The number of nitrogens with zero attached hydrogens (tertiary/aromatic N) is 1. The van der Waals surface area contributed by atoms with E-state index in [1.807, 2.05) is 29.2 Å². The van der Waals surface area contributed by atoms with E-state index >= 15 is 0 Å². The van der Waals surface area contributed by atoms with Crippen molar-refractivity contribution in [2.45, 2.75) is 19.3 Å². The van der Waals surface area contributed by atoms with Crippen LogP contribution in [0, 0.1) is 0 Å². The van der Waals surface area contributed by atoms with E-state index in [9.17, 15) is 4.79 Å². The molecular weight excluding hydrogens is 410 g/mol. The van der Waals surface area contributed by atoms with Gasteiger partial charge in [0.15, 0.2) is 6.61 Å². The molecule has 0 spiro atoms. The fourth-order valence-electron chi connectivity index (χ4n) is 2.73. The van der Waals surface area contributed by atoms with E-state index in [4.69, 9.17) is 4.74 Å². The van der Waals surface area contributed by atoms with E-state index in [-0.39, 0.29) is 12.5 Å². The average molecular weight is 427 g/mol. The molecule has 0 atom stereocenters. The van der Waals surface area contributed by atoms with Gasteiger partial charge in [0.2, 0.25) is 0 Å². The van der Waals surface area contributed by atoms with E-state index in [1.54, 1.807) is 0 Å². The molecule has 0 unspecified atom stereocenters. The van der Waals surface area contributed by atoms with Crippen LogP contribution in [0.1, 0.15) is 19.3 Å². The number of ether oxygens (including phenoxy) is 1. The third-order valence-corrected chi connectivity index (χ3v) is 5.25. The van der Waals surface area contributed by atoms with Gasteiger partial charge in [-0.2, -0.15) is 0 Å². The van der Waals surface area contributed by atoms with Gasteiger partial charge in [0.25, 0.3) is 5.91 Å². The monoisotopic (exact) mass is 425 g/mol. The molecule has 1 amide bonds. The molecule has 0 saturated carbocycles. The van der Waals surface area contributed by atoms with Crippen molar-refractivity contribution in [1.29, 1.82) is 0 Å². The third kappa shape index (κ3) is 3.46. The van der Waals surface area contributed by atoms with Crippen molar-refractivity contribution in [3.05, 3.63) is 39.3 Å². The maximum absolute atomic E-state index is 12.2. The van der Waals surface area contributed by atoms with Crippen LogP contribution in [0.3, 0.4) is 0 Å². The molecule has 3 nitrogen and oxygen atoms in total. The minimum atomic E-state index is 0.0718. The Morgan fingerprint density at radius 3 is 2.64 bits per heavy atom. The number of hydrogen-bond acceptors (Lipinski definition) is 2. The molecule has 0 bridgehead atoms. The van der Waals surface area contributed by atoms with Crippen molar-refractivity contribution >= 4 is 48.5 Å². The predicted octanol–water partition coefficient (Wildman–Crippen LogP) is 4.76. The molecule has 0 radical (unpaired) electrons. The average Bonchev–Trinajstić information content (AvgIpc) is 2.54. The highest BCUT2D eigenvalue weighted by Crippen LogP contribution is 2.34. The van der Waals surface area contributed by atoms with E-state index in [2.05, 4.69) is 37.9 Å². The molecule has 3 rings (SSSR count). The lowest BCUT2D eigenvalue weighted by Gasteiger charge is -2.26. The number of carbonyl (C=O) groups excluding carboxylic acids is 1. The van der Waals surface area contributed by atoms with Gasteiger partial charge in [-0.25, -0.2) is 0 Å². The van der Waals surface area contributed by atoms with Gasteiger partial charge < -0.3 is 9.64 Å². The molecule has 0 aromatic heterocycles. The summed E-state index contributed by atoms with van der Waals surface area (Å²) in [5.41, 5.74) is 0. The quantitative estimate of drug-likeness (QED) is 0.708. The molecule has 116 valence electrons. The van der Waals surface area contributed by atoms with E-state index in [0.717, 1.165) is 45.6 Å². The van der Waals surface area contributed by atoms with Gasteiger partial charge in [-0.1, -0.05) is 28.1 Å². The summed E-state index contributed by atoms with van der Waals surface area (Å²) < 4.78 is 7.68. The number of rotatable bonds is 3. The Hall–Kier alpha value is -1.07. The zero-order valence-electron chi connectivity index (χ0n) is 12.1. The smallest absolute Gasteiger partial charge is 0.260 e. The normalized spacial score (nSPS) is 15.1. The van der Waals surface area contributed by atoms with Gasteiger partial charge in [-0.3, -0.25) is 4.79 Å². The van der Waals surface area contributed by atoms with Crippen molar-refractivity contribution in [3.63, 3.8) is 0 Å². The lowest BCUT2D eigenvalue weighted by Crippen LogP contribution is -2.38. The molecule has 1 fully saturated rings. The van der Waals surface area contributed by atoms with Crippen LogP contribution in [-0.2, 0) is 4.79 Å². The molecule has 1 heterocycles. The zero-order valence-corrected chi connectivity index (χ0v) is 15.3. The van der Waals surface area contributed by atoms with E-state index in [1.165, 1.54) is 6.42 Å². The van der Waals surface area contributed by atoms with Gasteiger partial charge >= 0.3 is 0 Å². The van der Waals surface area contributed by atoms with Crippen LogP contribution in [0.5, 0.6) is 5.75 Å². The molecule has 22 heavy (non-hydrogen) atoms. The fourth-order valence-corrected chi connectivity index (χ4v) is 3.71. The highest BCUT2D eigenvalue weighted by Gasteiger charge is 2.17. The number of benzene rings is 2. The lowest BCUT2D eigenvalue weighted by atomic mass is 10.1. The Bertz CT molecular complexity index is 696. The first-order valence-electron chi connectivity index (χ1n) is 7.43. The summed E-state index contributed by atoms with van der Waals surface area (Å²) in [7, 11) is 0. The van der Waals surface area contributed by atoms with Crippen molar-refractivity contribution in [2.24, 2.45) is 0 Å². The molecule has 2 aromatic carbocycles. The topological polar surface area (TPSA) is 29.5 Å². The van der Waals surface area contributed by atoms with Crippen molar-refractivity contribution < 1.29 is 9.53 Å². The summed E-state index contributed by atoms with van der Waals surface area (Å²) in [5, 5.41) is 2.20. The Balaban J connectivity index is 1.72. The third-order valence-electron chi connectivity index (χ3n) is 3.94. The Kier molecular flexibility index (Phi) is 5.03. The van der Waals surface area contributed by atoms with Crippen LogP contribution < -0.4 is 4.74 Å². The lowest BCUT2D eigenvalue weighted by molar-refractivity contribution is -0.134. The fraction of sp³-hybridized carbons (Fsp3) is 0.353. The van der Waals surface area contributed by atoms with Crippen molar-refractivity contribution in [3.8, 4) is 5.75 Å². The van der Waals surface area contributed by atoms with Gasteiger partial charge in [0.1, 0.15) is 5.75 Å². The zero-order chi connectivity index (χ0) is 15.5. The number of hydrogen-bond donors (Lipinski definition) is 0. The van der Waals surface area contributed by atoms with E-state index in [0.29, 0.717) is 5.75 Å².